The van der Waals surface area contributed by atoms with E-state index >= 15 is 0 Å². The van der Waals surface area contributed by atoms with Crippen molar-refractivity contribution in [3.63, 3.8) is 0 Å². The van der Waals surface area contributed by atoms with Crippen LogP contribution in [0.2, 0.25) is 5.02 Å². The number of halogens is 1. The van der Waals surface area contributed by atoms with Gasteiger partial charge in [0, 0.05) is 45.7 Å². The van der Waals surface area contributed by atoms with E-state index in [2.05, 4.69) is 48.5 Å². The molecule has 2 aromatic rings. The second-order valence-electron chi connectivity index (χ2n) is 9.91. The van der Waals surface area contributed by atoms with Crippen molar-refractivity contribution in [2.45, 2.75) is 84.3 Å². The third-order valence-electron chi connectivity index (χ3n) is 7.45. The minimum absolute atomic E-state index is 0.00115. The Bertz CT molecular complexity index is 1080. The topological polar surface area (TPSA) is 77.2 Å². The molecule has 1 fully saturated rings. The zero-order valence-electron chi connectivity index (χ0n) is 21.4. The molecule has 1 aromatic carbocycles. The maximum Gasteiger partial charge on any atom is 0.253 e. The zero-order valence-corrected chi connectivity index (χ0v) is 22.2. The lowest BCUT2D eigenvalue weighted by Gasteiger charge is -2.43. The predicted molar refractivity (Wildman–Crippen MR) is 141 cm³/mol. The third kappa shape index (κ3) is 5.84. The van der Waals surface area contributed by atoms with Gasteiger partial charge in [0.15, 0.2) is 0 Å². The van der Waals surface area contributed by atoms with E-state index in [1.165, 1.54) is 0 Å². The van der Waals surface area contributed by atoms with Crippen molar-refractivity contribution < 1.29 is 4.79 Å². The Labute approximate surface area is 208 Å². The van der Waals surface area contributed by atoms with Crippen LogP contribution in [-0.2, 0) is 13.0 Å². The minimum Gasteiger partial charge on any atom is -0.379 e. The van der Waals surface area contributed by atoms with Crippen molar-refractivity contribution in [2.24, 2.45) is 0 Å². The molecule has 0 atom stereocenters. The number of aromatic nitrogens is 1. The van der Waals surface area contributed by atoms with Gasteiger partial charge in [-0.2, -0.15) is 0 Å². The number of aromatic amines is 1. The molecule has 34 heavy (non-hydrogen) atoms. The summed E-state index contributed by atoms with van der Waals surface area (Å²) in [6, 6.07) is 6.20. The first-order valence-electron chi connectivity index (χ1n) is 12.3. The molecule has 3 rings (SSSR count). The molecule has 1 aromatic heterocycles. The molecule has 3 N–H and O–H groups in total. The molecule has 1 heterocycles. The Kier molecular flexibility index (Phi) is 8.47. The van der Waals surface area contributed by atoms with E-state index in [0.717, 1.165) is 54.6 Å². The van der Waals surface area contributed by atoms with Gasteiger partial charge >= 0.3 is 0 Å². The number of aryl methyl sites for hydroxylation is 2. The van der Waals surface area contributed by atoms with Crippen LogP contribution in [0.15, 0.2) is 23.0 Å². The maximum absolute atomic E-state index is 13.2. The fraction of sp³-hybridized carbons (Fsp3) is 0.556. The largest absolute Gasteiger partial charge is 0.379 e. The fourth-order valence-electron chi connectivity index (χ4n) is 5.22. The molecule has 0 bridgehead atoms. The molecule has 0 radical (unpaired) electrons. The lowest BCUT2D eigenvalue weighted by Crippen LogP contribution is -2.45. The van der Waals surface area contributed by atoms with Crippen LogP contribution in [-0.4, -0.2) is 41.5 Å². The van der Waals surface area contributed by atoms with Gasteiger partial charge in [0.05, 0.1) is 0 Å². The number of pyridine rings is 1. The first kappa shape index (κ1) is 26.3. The van der Waals surface area contributed by atoms with Crippen LogP contribution >= 0.6 is 11.6 Å². The quantitative estimate of drug-likeness (QED) is 0.479. The van der Waals surface area contributed by atoms with Gasteiger partial charge in [-0.05, 0) is 95.8 Å². The molecule has 0 aliphatic heterocycles. The highest BCUT2D eigenvalue weighted by Crippen LogP contribution is 2.38. The number of hydrogen-bond acceptors (Lipinski definition) is 4. The van der Waals surface area contributed by atoms with Crippen LogP contribution in [0.25, 0.3) is 0 Å². The molecule has 0 saturated heterocycles. The number of anilines is 1. The van der Waals surface area contributed by atoms with Gasteiger partial charge in [-0.1, -0.05) is 25.4 Å². The van der Waals surface area contributed by atoms with Gasteiger partial charge in [-0.3, -0.25) is 9.59 Å². The standard InChI is InChI=1S/C27H39ClN4O2/c1-7-21-22(25(33)29-16-23-17(3)13-18(4)30-26(23)34)14-19(28)15-24(21)31-27(8-2)11-9-20(10-12-27)32(5)6/h13-15,20,31H,7-12,16H2,1-6H3,(H,29,33)(H,30,34)/t20-,27-. The first-order valence-corrected chi connectivity index (χ1v) is 12.7. The third-order valence-corrected chi connectivity index (χ3v) is 7.67. The number of nitrogens with zero attached hydrogens (tertiary/aromatic N) is 1. The van der Waals surface area contributed by atoms with E-state index in [0.29, 0.717) is 28.6 Å². The number of benzene rings is 1. The molecule has 0 unspecified atom stereocenters. The summed E-state index contributed by atoms with van der Waals surface area (Å²) in [5, 5.41) is 7.29. The number of amides is 1. The monoisotopic (exact) mass is 486 g/mol. The van der Waals surface area contributed by atoms with Gasteiger partial charge < -0.3 is 20.5 Å². The van der Waals surface area contributed by atoms with E-state index in [9.17, 15) is 9.59 Å². The van der Waals surface area contributed by atoms with Crippen molar-refractivity contribution in [1.82, 2.24) is 15.2 Å². The predicted octanol–water partition coefficient (Wildman–Crippen LogP) is 5.20. The lowest BCUT2D eigenvalue weighted by molar-refractivity contribution is 0.0950. The van der Waals surface area contributed by atoms with E-state index in [4.69, 9.17) is 11.6 Å². The molecule has 1 saturated carbocycles. The molecular formula is C27H39ClN4O2. The average Bonchev–Trinajstić information content (AvgIpc) is 2.78. The highest BCUT2D eigenvalue weighted by molar-refractivity contribution is 6.31. The smallest absolute Gasteiger partial charge is 0.253 e. The average molecular weight is 487 g/mol. The van der Waals surface area contributed by atoms with Crippen LogP contribution in [0.4, 0.5) is 5.69 Å². The summed E-state index contributed by atoms with van der Waals surface area (Å²) >= 11 is 6.50. The van der Waals surface area contributed by atoms with Crippen molar-refractivity contribution in [1.29, 1.82) is 0 Å². The Hall–Kier alpha value is -2.31. The number of H-pyrrole nitrogens is 1. The molecule has 0 spiro atoms. The number of rotatable bonds is 8. The van der Waals surface area contributed by atoms with Crippen LogP contribution in [0, 0.1) is 13.8 Å². The summed E-state index contributed by atoms with van der Waals surface area (Å²) in [6.45, 7) is 8.19. The second-order valence-corrected chi connectivity index (χ2v) is 10.3. The fourth-order valence-corrected chi connectivity index (χ4v) is 5.44. The van der Waals surface area contributed by atoms with Crippen LogP contribution < -0.4 is 16.2 Å². The van der Waals surface area contributed by atoms with Crippen molar-refractivity contribution in [2.75, 3.05) is 19.4 Å². The highest BCUT2D eigenvalue weighted by atomic mass is 35.5. The molecule has 1 amide bonds. The summed E-state index contributed by atoms with van der Waals surface area (Å²) in [5.41, 5.74) is 4.53. The van der Waals surface area contributed by atoms with E-state index in [1.807, 2.05) is 26.0 Å². The summed E-state index contributed by atoms with van der Waals surface area (Å²) in [6.07, 6.45) is 6.17. The number of nitrogens with one attached hydrogen (secondary N) is 3. The molecule has 6 nitrogen and oxygen atoms in total. The van der Waals surface area contributed by atoms with Gasteiger partial charge in [0.1, 0.15) is 0 Å². The first-order chi connectivity index (χ1) is 16.1. The Morgan fingerprint density at radius 3 is 2.38 bits per heavy atom. The van der Waals surface area contributed by atoms with Gasteiger partial charge in [0.2, 0.25) is 0 Å². The molecule has 1 aliphatic rings. The van der Waals surface area contributed by atoms with E-state index in [1.54, 1.807) is 6.07 Å². The Morgan fingerprint density at radius 2 is 1.82 bits per heavy atom. The minimum atomic E-state index is -0.219. The van der Waals surface area contributed by atoms with E-state index in [-0.39, 0.29) is 23.6 Å². The zero-order chi connectivity index (χ0) is 25.0. The molecule has 1 aliphatic carbocycles. The normalized spacial score (nSPS) is 20.4. The maximum atomic E-state index is 13.2. The Morgan fingerprint density at radius 1 is 1.15 bits per heavy atom. The van der Waals surface area contributed by atoms with Crippen molar-refractivity contribution in [3.05, 3.63) is 61.5 Å². The highest BCUT2D eigenvalue weighted by Gasteiger charge is 2.35. The molecule has 186 valence electrons. The number of carbonyl (C=O) groups is 1. The molecule has 7 heteroatoms. The molecular weight excluding hydrogens is 448 g/mol. The van der Waals surface area contributed by atoms with E-state index < -0.39 is 0 Å². The van der Waals surface area contributed by atoms with Crippen molar-refractivity contribution >= 4 is 23.2 Å². The summed E-state index contributed by atoms with van der Waals surface area (Å²) < 4.78 is 0. The van der Waals surface area contributed by atoms with Crippen LogP contribution in [0.1, 0.15) is 78.7 Å². The van der Waals surface area contributed by atoms with Crippen LogP contribution in [0.5, 0.6) is 0 Å². The summed E-state index contributed by atoms with van der Waals surface area (Å²) in [4.78, 5) is 30.7. The summed E-state index contributed by atoms with van der Waals surface area (Å²) in [5.74, 6) is -0.219. The van der Waals surface area contributed by atoms with Crippen LogP contribution in [0.3, 0.4) is 0 Å². The van der Waals surface area contributed by atoms with Gasteiger partial charge in [-0.25, -0.2) is 0 Å². The van der Waals surface area contributed by atoms with Gasteiger partial charge in [0.25, 0.3) is 11.5 Å². The lowest BCUT2D eigenvalue weighted by atomic mass is 9.77. The van der Waals surface area contributed by atoms with Gasteiger partial charge in [-0.15, -0.1) is 0 Å². The SMILES string of the molecule is CCc1c(N[C@]2(CC)CC[C@@H](N(C)C)CC2)cc(Cl)cc1C(=O)NCc1c(C)cc(C)[nH]c1=O. The van der Waals surface area contributed by atoms with Crippen molar-refractivity contribution in [3.8, 4) is 0 Å². The summed E-state index contributed by atoms with van der Waals surface area (Å²) in [7, 11) is 4.31. The Balaban J connectivity index is 1.84. The number of hydrogen-bond donors (Lipinski definition) is 3. The second kappa shape index (κ2) is 11.0. The number of carbonyl (C=O) groups excluding carboxylic acids is 1.